The van der Waals surface area contributed by atoms with E-state index in [1.54, 1.807) is 13.0 Å². The fraction of sp³-hybridized carbons (Fsp3) is 0.455. The van der Waals surface area contributed by atoms with Crippen LogP contribution in [0.4, 0.5) is 14.6 Å². The number of halogens is 2. The highest BCUT2D eigenvalue weighted by molar-refractivity contribution is 5.95. The second kappa shape index (κ2) is 3.94. The van der Waals surface area contributed by atoms with Crippen LogP contribution in [0.1, 0.15) is 22.3 Å². The molecule has 0 amide bonds. The van der Waals surface area contributed by atoms with Crippen molar-refractivity contribution in [1.29, 1.82) is 0 Å². The molecule has 0 bridgehead atoms. The number of alkyl halides is 2. The number of carboxylic acids is 1. The molecule has 4 nitrogen and oxygen atoms in total. The lowest BCUT2D eigenvalue weighted by Crippen LogP contribution is -2.27. The van der Waals surface area contributed by atoms with Gasteiger partial charge < -0.3 is 10.0 Å². The first-order chi connectivity index (χ1) is 7.91. The molecule has 1 saturated heterocycles. The van der Waals surface area contributed by atoms with E-state index in [9.17, 15) is 13.6 Å². The maximum atomic E-state index is 13.1. The summed E-state index contributed by atoms with van der Waals surface area (Å²) >= 11 is 0. The van der Waals surface area contributed by atoms with Crippen molar-refractivity contribution < 1.29 is 18.7 Å². The number of anilines is 1. The molecule has 1 N–H and O–H groups in total. The number of nitrogens with zero attached hydrogens (tertiary/aromatic N) is 2. The van der Waals surface area contributed by atoms with E-state index in [0.717, 1.165) is 0 Å². The van der Waals surface area contributed by atoms with Crippen LogP contribution >= 0.6 is 0 Å². The molecule has 0 aliphatic carbocycles. The van der Waals surface area contributed by atoms with E-state index in [-0.39, 0.29) is 24.3 Å². The van der Waals surface area contributed by atoms with Crippen molar-refractivity contribution in [2.75, 3.05) is 18.0 Å². The first kappa shape index (κ1) is 11.8. The van der Waals surface area contributed by atoms with E-state index in [1.165, 1.54) is 11.1 Å². The summed E-state index contributed by atoms with van der Waals surface area (Å²) in [6.07, 6.45) is 1.18. The summed E-state index contributed by atoms with van der Waals surface area (Å²) in [5, 5.41) is 9.08. The van der Waals surface area contributed by atoms with E-state index < -0.39 is 18.4 Å². The Hall–Kier alpha value is -1.72. The van der Waals surface area contributed by atoms with Crippen molar-refractivity contribution in [3.05, 3.63) is 23.4 Å². The highest BCUT2D eigenvalue weighted by Gasteiger charge is 2.40. The third-order valence-corrected chi connectivity index (χ3v) is 2.82. The third-order valence-electron chi connectivity index (χ3n) is 2.82. The van der Waals surface area contributed by atoms with Crippen LogP contribution in [0.25, 0.3) is 0 Å². The van der Waals surface area contributed by atoms with Crippen LogP contribution in [-0.2, 0) is 0 Å². The van der Waals surface area contributed by atoms with Gasteiger partial charge in [0.15, 0.2) is 0 Å². The minimum atomic E-state index is -2.76. The number of carboxylic acid groups (broad SMARTS) is 1. The quantitative estimate of drug-likeness (QED) is 0.861. The molecule has 1 fully saturated rings. The third kappa shape index (κ3) is 2.20. The Kier molecular flexibility index (Phi) is 2.73. The number of rotatable bonds is 2. The average Bonchev–Trinajstić information content (AvgIpc) is 2.57. The van der Waals surface area contributed by atoms with Gasteiger partial charge in [0, 0.05) is 19.2 Å². The van der Waals surface area contributed by atoms with E-state index in [1.807, 2.05) is 0 Å². The molecule has 0 radical (unpaired) electrons. The first-order valence-corrected chi connectivity index (χ1v) is 5.22. The Labute approximate surface area is 96.9 Å². The number of hydrogen-bond donors (Lipinski definition) is 1. The van der Waals surface area contributed by atoms with Crippen molar-refractivity contribution in [2.45, 2.75) is 19.3 Å². The Morgan fingerprint density at radius 1 is 1.59 bits per heavy atom. The van der Waals surface area contributed by atoms with Gasteiger partial charge in [-0.3, -0.25) is 0 Å². The molecule has 2 heterocycles. The zero-order valence-electron chi connectivity index (χ0n) is 9.28. The van der Waals surface area contributed by atoms with Crippen LogP contribution in [0.3, 0.4) is 0 Å². The topological polar surface area (TPSA) is 53.4 Å². The van der Waals surface area contributed by atoms with Gasteiger partial charge in [0.1, 0.15) is 11.4 Å². The average molecular weight is 242 g/mol. The number of carbonyl (C=O) groups is 1. The standard InChI is InChI=1S/C11H12F2N2O2/c1-7-2-4-14-9(8(7)10(16)17)15-5-3-11(12,13)6-15/h2,4H,3,5-6H2,1H3,(H,16,17). The summed E-state index contributed by atoms with van der Waals surface area (Å²) in [6.45, 7) is 1.29. The van der Waals surface area contributed by atoms with Gasteiger partial charge in [-0.15, -0.1) is 0 Å². The fourth-order valence-corrected chi connectivity index (χ4v) is 1.96. The van der Waals surface area contributed by atoms with Crippen LogP contribution < -0.4 is 4.90 Å². The SMILES string of the molecule is Cc1ccnc(N2CCC(F)(F)C2)c1C(=O)O. The van der Waals surface area contributed by atoms with Crippen molar-refractivity contribution >= 4 is 11.8 Å². The van der Waals surface area contributed by atoms with Crippen molar-refractivity contribution in [3.8, 4) is 0 Å². The maximum Gasteiger partial charge on any atom is 0.339 e. The van der Waals surface area contributed by atoms with Gasteiger partial charge in [-0.2, -0.15) is 0 Å². The Morgan fingerprint density at radius 2 is 2.29 bits per heavy atom. The predicted molar refractivity (Wildman–Crippen MR) is 57.7 cm³/mol. The molecule has 92 valence electrons. The van der Waals surface area contributed by atoms with Crippen LogP contribution in [0.5, 0.6) is 0 Å². The van der Waals surface area contributed by atoms with Crippen molar-refractivity contribution in [1.82, 2.24) is 4.98 Å². The number of aromatic carboxylic acids is 1. The Bertz CT molecular complexity index is 463. The summed E-state index contributed by atoms with van der Waals surface area (Å²) in [5.41, 5.74) is 0.530. The van der Waals surface area contributed by atoms with Gasteiger partial charge in [0.25, 0.3) is 5.92 Å². The molecule has 1 aliphatic heterocycles. The van der Waals surface area contributed by atoms with E-state index >= 15 is 0 Å². The smallest absolute Gasteiger partial charge is 0.339 e. The predicted octanol–water partition coefficient (Wildman–Crippen LogP) is 1.93. The molecule has 0 aromatic carbocycles. The zero-order valence-corrected chi connectivity index (χ0v) is 9.28. The molecule has 17 heavy (non-hydrogen) atoms. The maximum absolute atomic E-state index is 13.1. The lowest BCUT2D eigenvalue weighted by Gasteiger charge is -2.19. The normalized spacial score (nSPS) is 18.4. The molecule has 2 rings (SSSR count). The van der Waals surface area contributed by atoms with Gasteiger partial charge in [0.2, 0.25) is 0 Å². The lowest BCUT2D eigenvalue weighted by atomic mass is 10.1. The minimum Gasteiger partial charge on any atom is -0.478 e. The molecule has 0 unspecified atom stereocenters. The Morgan fingerprint density at radius 3 is 2.82 bits per heavy atom. The van der Waals surface area contributed by atoms with Gasteiger partial charge in [-0.05, 0) is 18.6 Å². The molecule has 0 atom stereocenters. The summed E-state index contributed by atoms with van der Waals surface area (Å²) in [6, 6.07) is 1.56. The number of aryl methyl sites for hydroxylation is 1. The molecular weight excluding hydrogens is 230 g/mol. The van der Waals surface area contributed by atoms with Gasteiger partial charge >= 0.3 is 5.97 Å². The fourth-order valence-electron chi connectivity index (χ4n) is 1.96. The second-order valence-corrected chi connectivity index (χ2v) is 4.16. The van der Waals surface area contributed by atoms with E-state index in [0.29, 0.717) is 5.56 Å². The number of pyridine rings is 1. The number of hydrogen-bond acceptors (Lipinski definition) is 3. The lowest BCUT2D eigenvalue weighted by molar-refractivity contribution is 0.0256. The minimum absolute atomic E-state index is 0.00481. The summed E-state index contributed by atoms with van der Waals surface area (Å²) < 4.78 is 26.2. The van der Waals surface area contributed by atoms with Crippen LogP contribution in [0.2, 0.25) is 0 Å². The monoisotopic (exact) mass is 242 g/mol. The molecule has 0 saturated carbocycles. The molecule has 1 aromatic heterocycles. The molecule has 6 heteroatoms. The van der Waals surface area contributed by atoms with Gasteiger partial charge in [-0.1, -0.05) is 0 Å². The molecular formula is C11H12F2N2O2. The van der Waals surface area contributed by atoms with E-state index in [4.69, 9.17) is 5.11 Å². The van der Waals surface area contributed by atoms with E-state index in [2.05, 4.69) is 4.98 Å². The van der Waals surface area contributed by atoms with Gasteiger partial charge in [0.05, 0.1) is 6.54 Å². The van der Waals surface area contributed by atoms with Crippen LogP contribution in [0, 0.1) is 6.92 Å². The van der Waals surface area contributed by atoms with Crippen molar-refractivity contribution in [3.63, 3.8) is 0 Å². The molecule has 1 aromatic rings. The summed E-state index contributed by atoms with van der Waals surface area (Å²) in [4.78, 5) is 16.4. The molecule has 1 aliphatic rings. The first-order valence-electron chi connectivity index (χ1n) is 5.22. The largest absolute Gasteiger partial charge is 0.478 e. The summed E-state index contributed by atoms with van der Waals surface area (Å²) in [7, 11) is 0. The highest BCUT2D eigenvalue weighted by atomic mass is 19.3. The van der Waals surface area contributed by atoms with Crippen LogP contribution in [-0.4, -0.2) is 35.1 Å². The van der Waals surface area contributed by atoms with Crippen molar-refractivity contribution in [2.24, 2.45) is 0 Å². The van der Waals surface area contributed by atoms with Gasteiger partial charge in [-0.25, -0.2) is 18.6 Å². The zero-order chi connectivity index (χ0) is 12.6. The number of aromatic nitrogens is 1. The molecule has 0 spiro atoms. The summed E-state index contributed by atoms with van der Waals surface area (Å²) in [5.74, 6) is -3.77. The highest BCUT2D eigenvalue weighted by Crippen LogP contribution is 2.32. The van der Waals surface area contributed by atoms with Crippen LogP contribution in [0.15, 0.2) is 12.3 Å². The Balaban J connectivity index is 2.40. The second-order valence-electron chi connectivity index (χ2n) is 4.16.